The van der Waals surface area contributed by atoms with Gasteiger partial charge in [0.15, 0.2) is 5.82 Å². The van der Waals surface area contributed by atoms with E-state index < -0.39 is 0 Å². The summed E-state index contributed by atoms with van der Waals surface area (Å²) in [6.45, 7) is 1.52. The lowest BCUT2D eigenvalue weighted by Crippen LogP contribution is -2.12. The maximum absolute atomic E-state index is 4.96. The zero-order valence-corrected chi connectivity index (χ0v) is 21.0. The van der Waals surface area contributed by atoms with Crippen LogP contribution in [0.1, 0.15) is 11.1 Å². The molecule has 7 aromatic rings. The van der Waals surface area contributed by atoms with Gasteiger partial charge in [-0.3, -0.25) is 20.1 Å². The van der Waals surface area contributed by atoms with Gasteiger partial charge in [0.05, 0.1) is 28.4 Å². The van der Waals surface area contributed by atoms with E-state index in [0.717, 1.165) is 62.1 Å². The van der Waals surface area contributed by atoms with E-state index in [1.807, 2.05) is 55.0 Å². The Balaban J connectivity index is 1.20. The first-order valence-corrected chi connectivity index (χ1v) is 12.7. The average molecular weight is 509 g/mol. The van der Waals surface area contributed by atoms with Crippen LogP contribution in [0.5, 0.6) is 0 Å². The van der Waals surface area contributed by atoms with Gasteiger partial charge < -0.3 is 10.3 Å². The Morgan fingerprint density at radius 1 is 0.718 bits per heavy atom. The van der Waals surface area contributed by atoms with Gasteiger partial charge in [-0.05, 0) is 47.0 Å². The van der Waals surface area contributed by atoms with Crippen molar-refractivity contribution in [3.63, 3.8) is 0 Å². The number of nitrogens with zero attached hydrogens (tertiary/aromatic N) is 5. The molecule has 0 spiro atoms. The lowest BCUT2D eigenvalue weighted by molar-refractivity contribution is 0.691. The van der Waals surface area contributed by atoms with Crippen molar-refractivity contribution in [1.82, 2.24) is 40.4 Å². The van der Waals surface area contributed by atoms with Crippen LogP contribution in [0.3, 0.4) is 0 Å². The first kappa shape index (κ1) is 22.9. The molecule has 0 saturated heterocycles. The summed E-state index contributed by atoms with van der Waals surface area (Å²) in [6, 6.07) is 24.6. The molecule has 7 rings (SSSR count). The van der Waals surface area contributed by atoms with Gasteiger partial charge in [-0.2, -0.15) is 5.10 Å². The molecule has 0 unspecified atom stereocenters. The second kappa shape index (κ2) is 9.92. The molecule has 3 N–H and O–H groups in total. The fraction of sp³-hybridized carbons (Fsp3) is 0.0645. The molecule has 0 bridgehead atoms. The minimum Gasteiger partial charge on any atom is -0.337 e. The number of hydrogen-bond donors (Lipinski definition) is 3. The number of fused-ring (bicyclic) bond motifs is 2. The minimum atomic E-state index is 0.701. The smallest absolute Gasteiger partial charge is 0.159 e. The third-order valence-corrected chi connectivity index (χ3v) is 6.77. The fourth-order valence-electron chi connectivity index (χ4n) is 4.84. The average Bonchev–Trinajstić information content (AvgIpc) is 3.62. The van der Waals surface area contributed by atoms with Crippen molar-refractivity contribution in [2.45, 2.75) is 13.1 Å². The third-order valence-electron chi connectivity index (χ3n) is 6.77. The van der Waals surface area contributed by atoms with E-state index in [1.54, 1.807) is 12.4 Å². The van der Waals surface area contributed by atoms with Gasteiger partial charge in [0.1, 0.15) is 5.69 Å². The third kappa shape index (κ3) is 4.54. The molecule has 39 heavy (non-hydrogen) atoms. The number of aromatic nitrogens is 7. The van der Waals surface area contributed by atoms with Crippen LogP contribution in [0.4, 0.5) is 0 Å². The van der Waals surface area contributed by atoms with Crippen LogP contribution >= 0.6 is 0 Å². The van der Waals surface area contributed by atoms with Crippen molar-refractivity contribution >= 4 is 21.9 Å². The van der Waals surface area contributed by atoms with Crippen LogP contribution in [0, 0.1) is 0 Å². The molecule has 8 nitrogen and oxygen atoms in total. The summed E-state index contributed by atoms with van der Waals surface area (Å²) in [4.78, 5) is 21.7. The maximum Gasteiger partial charge on any atom is 0.159 e. The van der Waals surface area contributed by atoms with Crippen molar-refractivity contribution in [2.24, 2.45) is 0 Å². The van der Waals surface area contributed by atoms with Gasteiger partial charge in [-0.1, -0.05) is 42.5 Å². The SMILES string of the molecule is c1ccc(CNCc2cncc(-c3cc4c(-c5nc6c(-c7ccncc7)cccc6[nH]5)n[nH]c4cn3)c2)cc1. The number of para-hydroxylation sites is 1. The van der Waals surface area contributed by atoms with E-state index in [0.29, 0.717) is 12.4 Å². The molecule has 188 valence electrons. The first-order chi connectivity index (χ1) is 19.3. The molecule has 5 heterocycles. The van der Waals surface area contributed by atoms with Crippen molar-refractivity contribution in [3.05, 3.63) is 115 Å². The Kier molecular flexibility index (Phi) is 5.84. The first-order valence-electron chi connectivity index (χ1n) is 12.7. The number of hydrogen-bond acceptors (Lipinski definition) is 6. The van der Waals surface area contributed by atoms with Crippen molar-refractivity contribution in [2.75, 3.05) is 0 Å². The number of rotatable bonds is 7. The number of pyridine rings is 3. The normalized spacial score (nSPS) is 11.4. The van der Waals surface area contributed by atoms with Crippen LogP contribution in [0.25, 0.3) is 55.8 Å². The van der Waals surface area contributed by atoms with E-state index in [9.17, 15) is 0 Å². The summed E-state index contributed by atoms with van der Waals surface area (Å²) in [5.74, 6) is 0.701. The highest BCUT2D eigenvalue weighted by Crippen LogP contribution is 2.32. The van der Waals surface area contributed by atoms with Gasteiger partial charge in [0.25, 0.3) is 0 Å². The van der Waals surface area contributed by atoms with Crippen LogP contribution in [-0.4, -0.2) is 35.1 Å². The van der Waals surface area contributed by atoms with Gasteiger partial charge in [-0.15, -0.1) is 0 Å². The molecular weight excluding hydrogens is 484 g/mol. The molecule has 0 aliphatic rings. The lowest BCUT2D eigenvalue weighted by Gasteiger charge is -2.07. The van der Waals surface area contributed by atoms with E-state index in [4.69, 9.17) is 4.98 Å². The summed E-state index contributed by atoms with van der Waals surface area (Å²) >= 11 is 0. The van der Waals surface area contributed by atoms with Crippen molar-refractivity contribution < 1.29 is 0 Å². The van der Waals surface area contributed by atoms with Crippen molar-refractivity contribution in [1.29, 1.82) is 0 Å². The number of H-pyrrole nitrogens is 2. The number of nitrogens with one attached hydrogen (secondary N) is 3. The Morgan fingerprint density at radius 2 is 1.59 bits per heavy atom. The summed E-state index contributed by atoms with van der Waals surface area (Å²) in [5, 5.41) is 12.1. The molecule has 0 saturated carbocycles. The van der Waals surface area contributed by atoms with Crippen LogP contribution in [0.2, 0.25) is 0 Å². The number of benzene rings is 2. The summed E-state index contributed by atoms with van der Waals surface area (Å²) < 4.78 is 0. The van der Waals surface area contributed by atoms with Gasteiger partial charge in [0, 0.05) is 54.4 Å². The topological polar surface area (TPSA) is 108 Å². The molecule has 0 atom stereocenters. The van der Waals surface area contributed by atoms with Crippen LogP contribution in [-0.2, 0) is 13.1 Å². The molecule has 0 aliphatic carbocycles. The zero-order chi connectivity index (χ0) is 26.0. The van der Waals surface area contributed by atoms with Gasteiger partial charge >= 0.3 is 0 Å². The maximum atomic E-state index is 4.96. The van der Waals surface area contributed by atoms with E-state index in [-0.39, 0.29) is 0 Å². The number of aromatic amines is 2. The minimum absolute atomic E-state index is 0.701. The monoisotopic (exact) mass is 508 g/mol. The Hall–Kier alpha value is -5.21. The molecule has 0 amide bonds. The van der Waals surface area contributed by atoms with E-state index in [1.165, 1.54) is 5.56 Å². The van der Waals surface area contributed by atoms with Crippen LogP contribution < -0.4 is 5.32 Å². The summed E-state index contributed by atoms with van der Waals surface area (Å²) in [6.07, 6.45) is 9.13. The second-order valence-corrected chi connectivity index (χ2v) is 9.38. The van der Waals surface area contributed by atoms with Gasteiger partial charge in [0.2, 0.25) is 0 Å². The molecule has 5 aromatic heterocycles. The summed E-state index contributed by atoms with van der Waals surface area (Å²) in [7, 11) is 0. The zero-order valence-electron chi connectivity index (χ0n) is 21.0. The quantitative estimate of drug-likeness (QED) is 0.247. The second-order valence-electron chi connectivity index (χ2n) is 9.38. The Morgan fingerprint density at radius 3 is 2.49 bits per heavy atom. The molecule has 8 heteroatoms. The lowest BCUT2D eigenvalue weighted by atomic mass is 10.1. The highest BCUT2D eigenvalue weighted by Gasteiger charge is 2.16. The fourth-order valence-corrected chi connectivity index (χ4v) is 4.84. The molecule has 0 radical (unpaired) electrons. The van der Waals surface area contributed by atoms with E-state index >= 15 is 0 Å². The predicted octanol–water partition coefficient (Wildman–Crippen LogP) is 5.92. The standard InChI is InChI=1S/C31H24N8/c1-2-5-20(6-3-1)15-33-16-21-13-23(18-34-17-21)27-14-25-28(19-35-27)38-39-30(25)31-36-26-8-4-7-24(29(26)37-31)22-9-11-32-12-10-22/h1-14,17-19,33H,15-16H2,(H,36,37)(H,38,39). The van der Waals surface area contributed by atoms with Gasteiger partial charge in [-0.25, -0.2) is 4.98 Å². The highest BCUT2D eigenvalue weighted by atomic mass is 15.1. The molecular formula is C31H24N8. The Labute approximate surface area is 224 Å². The predicted molar refractivity (Wildman–Crippen MR) is 152 cm³/mol. The molecule has 0 fully saturated rings. The molecule has 0 aliphatic heterocycles. The number of imidazole rings is 1. The Bertz CT molecular complexity index is 1890. The van der Waals surface area contributed by atoms with Crippen LogP contribution in [0.15, 0.2) is 104 Å². The van der Waals surface area contributed by atoms with E-state index in [2.05, 4.69) is 71.8 Å². The highest BCUT2D eigenvalue weighted by molar-refractivity contribution is 5.97. The molecule has 2 aromatic carbocycles. The van der Waals surface area contributed by atoms with Crippen molar-refractivity contribution in [3.8, 4) is 33.9 Å². The summed E-state index contributed by atoms with van der Waals surface area (Å²) in [5.41, 5.74) is 9.67. The largest absolute Gasteiger partial charge is 0.337 e.